The number of Topliss-reactive ketones (excluding diaryl/α,β-unsaturated/α-hetero) is 1. The molecule has 0 radical (unpaired) electrons. The van der Waals surface area contributed by atoms with E-state index in [0.717, 1.165) is 29.8 Å². The van der Waals surface area contributed by atoms with Gasteiger partial charge in [-0.1, -0.05) is 0 Å². The summed E-state index contributed by atoms with van der Waals surface area (Å²) in [6, 6.07) is 8.86. The third kappa shape index (κ3) is 4.97. The van der Waals surface area contributed by atoms with Crippen molar-refractivity contribution < 1.29 is 19.1 Å². The van der Waals surface area contributed by atoms with Gasteiger partial charge in [0.05, 0.1) is 18.8 Å². The largest absolute Gasteiger partial charge is 0.494 e. The Bertz CT molecular complexity index is 759. The number of carbonyl (C=O) groups excluding carboxylic acids is 2. The number of nitrogens with zero attached hydrogens (tertiary/aromatic N) is 1. The van der Waals surface area contributed by atoms with E-state index in [-0.39, 0.29) is 11.8 Å². The van der Waals surface area contributed by atoms with Crippen LogP contribution in [0.25, 0.3) is 0 Å². The SMILES string of the molecule is CCOC(=O)c1ccc(OCCCCC(=O)c2cc(C)n(C)c2C)cc1. The number of rotatable bonds is 9. The minimum Gasteiger partial charge on any atom is -0.494 e. The number of unbranched alkanes of at least 4 members (excludes halogenated alkanes) is 1. The molecule has 0 bridgehead atoms. The maximum Gasteiger partial charge on any atom is 0.338 e. The smallest absolute Gasteiger partial charge is 0.338 e. The predicted octanol–water partition coefficient (Wildman–Crippen LogP) is 4.25. The molecule has 0 saturated carbocycles. The van der Waals surface area contributed by atoms with Crippen LogP contribution in [-0.4, -0.2) is 29.5 Å². The lowest BCUT2D eigenvalue weighted by Gasteiger charge is -2.07. The average Bonchev–Trinajstić information content (AvgIpc) is 2.89. The minimum absolute atomic E-state index is 0.185. The summed E-state index contributed by atoms with van der Waals surface area (Å²) >= 11 is 0. The molecule has 0 amide bonds. The first-order chi connectivity index (χ1) is 12.4. The second-order valence-corrected chi connectivity index (χ2v) is 6.32. The van der Waals surface area contributed by atoms with Crippen LogP contribution < -0.4 is 4.74 Å². The van der Waals surface area contributed by atoms with Gasteiger partial charge in [0.15, 0.2) is 5.78 Å². The Labute approximate surface area is 154 Å². The Balaban J connectivity index is 1.72. The van der Waals surface area contributed by atoms with E-state index < -0.39 is 0 Å². The third-order valence-corrected chi connectivity index (χ3v) is 4.51. The van der Waals surface area contributed by atoms with Crippen LogP contribution in [0.5, 0.6) is 5.75 Å². The van der Waals surface area contributed by atoms with Crippen LogP contribution >= 0.6 is 0 Å². The van der Waals surface area contributed by atoms with Crippen molar-refractivity contribution in [1.82, 2.24) is 4.57 Å². The molecule has 0 aliphatic heterocycles. The van der Waals surface area contributed by atoms with E-state index in [1.807, 2.05) is 31.5 Å². The van der Waals surface area contributed by atoms with E-state index in [1.165, 1.54) is 0 Å². The minimum atomic E-state index is -0.330. The molecule has 2 rings (SSSR count). The van der Waals surface area contributed by atoms with Gasteiger partial charge in [-0.2, -0.15) is 0 Å². The van der Waals surface area contributed by atoms with Gasteiger partial charge < -0.3 is 14.0 Å². The molecule has 0 unspecified atom stereocenters. The first kappa shape index (κ1) is 19.8. The zero-order valence-corrected chi connectivity index (χ0v) is 16.0. The van der Waals surface area contributed by atoms with Crippen molar-refractivity contribution in [2.45, 2.75) is 40.0 Å². The fourth-order valence-electron chi connectivity index (χ4n) is 2.75. The van der Waals surface area contributed by atoms with Crippen LogP contribution in [0.15, 0.2) is 30.3 Å². The number of ketones is 1. The molecule has 0 atom stereocenters. The first-order valence-corrected chi connectivity index (χ1v) is 9.00. The Morgan fingerprint density at radius 2 is 1.77 bits per heavy atom. The molecule has 0 saturated heterocycles. The molecule has 0 aliphatic carbocycles. The number of hydrogen-bond donors (Lipinski definition) is 0. The monoisotopic (exact) mass is 357 g/mol. The van der Waals surface area contributed by atoms with Crippen molar-refractivity contribution in [3.63, 3.8) is 0 Å². The van der Waals surface area contributed by atoms with Crippen LogP contribution in [0.2, 0.25) is 0 Å². The molecule has 0 spiro atoms. The van der Waals surface area contributed by atoms with E-state index in [2.05, 4.69) is 0 Å². The summed E-state index contributed by atoms with van der Waals surface area (Å²) in [4.78, 5) is 23.9. The molecule has 1 heterocycles. The quantitative estimate of drug-likeness (QED) is 0.382. The van der Waals surface area contributed by atoms with E-state index in [4.69, 9.17) is 9.47 Å². The molecule has 0 aliphatic rings. The van der Waals surface area contributed by atoms with Crippen LogP contribution in [0, 0.1) is 13.8 Å². The van der Waals surface area contributed by atoms with E-state index in [0.29, 0.717) is 30.9 Å². The average molecular weight is 357 g/mol. The third-order valence-electron chi connectivity index (χ3n) is 4.51. The van der Waals surface area contributed by atoms with Gasteiger partial charge in [-0.05, 0) is 63.9 Å². The highest BCUT2D eigenvalue weighted by atomic mass is 16.5. The number of aryl methyl sites for hydroxylation is 1. The van der Waals surface area contributed by atoms with Gasteiger partial charge in [0.1, 0.15) is 5.75 Å². The van der Waals surface area contributed by atoms with Crippen LogP contribution in [0.3, 0.4) is 0 Å². The second kappa shape index (κ2) is 9.22. The van der Waals surface area contributed by atoms with Crippen LogP contribution in [-0.2, 0) is 11.8 Å². The fraction of sp³-hybridized carbons (Fsp3) is 0.429. The maximum atomic E-state index is 12.3. The van der Waals surface area contributed by atoms with Gasteiger partial charge in [0.25, 0.3) is 0 Å². The Kier molecular flexibility index (Phi) is 7.01. The number of carbonyl (C=O) groups is 2. The number of ether oxygens (including phenoxy) is 2. The van der Waals surface area contributed by atoms with Crippen molar-refractivity contribution >= 4 is 11.8 Å². The standard InChI is InChI=1S/C21H27NO4/c1-5-25-21(24)17-9-11-18(12-10-17)26-13-7-6-8-20(23)19-14-15(2)22(4)16(19)3/h9-12,14H,5-8,13H2,1-4H3. The molecule has 2 aromatic rings. The van der Waals surface area contributed by atoms with E-state index in [1.54, 1.807) is 31.2 Å². The van der Waals surface area contributed by atoms with Crippen LogP contribution in [0.4, 0.5) is 0 Å². The van der Waals surface area contributed by atoms with Gasteiger partial charge in [-0.15, -0.1) is 0 Å². The molecule has 1 aromatic heterocycles. The molecule has 0 N–H and O–H groups in total. The summed E-state index contributed by atoms with van der Waals surface area (Å²) < 4.78 is 12.6. The predicted molar refractivity (Wildman–Crippen MR) is 101 cm³/mol. The molecule has 0 fully saturated rings. The lowest BCUT2D eigenvalue weighted by molar-refractivity contribution is 0.0526. The number of hydrogen-bond acceptors (Lipinski definition) is 4. The van der Waals surface area contributed by atoms with E-state index >= 15 is 0 Å². The van der Waals surface area contributed by atoms with Crippen molar-refractivity contribution in [1.29, 1.82) is 0 Å². The van der Waals surface area contributed by atoms with Gasteiger partial charge in [-0.3, -0.25) is 4.79 Å². The topological polar surface area (TPSA) is 57.5 Å². The Morgan fingerprint density at radius 3 is 2.35 bits per heavy atom. The fourth-order valence-corrected chi connectivity index (χ4v) is 2.75. The molecule has 5 heteroatoms. The van der Waals surface area contributed by atoms with Crippen molar-refractivity contribution in [3.05, 3.63) is 52.8 Å². The van der Waals surface area contributed by atoms with E-state index in [9.17, 15) is 9.59 Å². The summed E-state index contributed by atoms with van der Waals surface area (Å²) in [7, 11) is 1.97. The lowest BCUT2D eigenvalue weighted by Crippen LogP contribution is -2.05. The molecular formula is C21H27NO4. The Morgan fingerprint density at radius 1 is 1.08 bits per heavy atom. The molecule has 1 aromatic carbocycles. The highest BCUT2D eigenvalue weighted by Crippen LogP contribution is 2.17. The number of esters is 1. The maximum absolute atomic E-state index is 12.3. The number of benzene rings is 1. The molecular weight excluding hydrogens is 330 g/mol. The summed E-state index contributed by atoms with van der Waals surface area (Å²) in [6.07, 6.45) is 2.11. The van der Waals surface area contributed by atoms with Crippen molar-refractivity contribution in [3.8, 4) is 5.75 Å². The van der Waals surface area contributed by atoms with Gasteiger partial charge in [0, 0.05) is 30.4 Å². The second-order valence-electron chi connectivity index (χ2n) is 6.32. The number of aromatic nitrogens is 1. The summed E-state index contributed by atoms with van der Waals surface area (Å²) in [5.74, 6) is 0.563. The normalized spacial score (nSPS) is 10.6. The molecule has 26 heavy (non-hydrogen) atoms. The van der Waals surface area contributed by atoms with Crippen molar-refractivity contribution in [2.75, 3.05) is 13.2 Å². The summed E-state index contributed by atoms with van der Waals surface area (Å²) in [5, 5.41) is 0. The summed E-state index contributed by atoms with van der Waals surface area (Å²) in [5.41, 5.74) is 3.45. The van der Waals surface area contributed by atoms with Gasteiger partial charge in [-0.25, -0.2) is 4.79 Å². The first-order valence-electron chi connectivity index (χ1n) is 9.00. The molecule has 5 nitrogen and oxygen atoms in total. The Hall–Kier alpha value is -2.56. The van der Waals surface area contributed by atoms with Gasteiger partial charge >= 0.3 is 5.97 Å². The van der Waals surface area contributed by atoms with Crippen molar-refractivity contribution in [2.24, 2.45) is 7.05 Å². The summed E-state index contributed by atoms with van der Waals surface area (Å²) in [6.45, 7) is 6.66. The highest BCUT2D eigenvalue weighted by molar-refractivity contribution is 5.97. The molecule has 140 valence electrons. The zero-order chi connectivity index (χ0) is 19.1. The van der Waals surface area contributed by atoms with Gasteiger partial charge in [0.2, 0.25) is 0 Å². The lowest BCUT2D eigenvalue weighted by atomic mass is 10.1. The highest BCUT2D eigenvalue weighted by Gasteiger charge is 2.13. The zero-order valence-electron chi connectivity index (χ0n) is 16.0. The van der Waals surface area contributed by atoms with Crippen LogP contribution in [0.1, 0.15) is 58.3 Å².